The molecule has 2 aromatic rings. The Morgan fingerprint density at radius 3 is 2.33 bits per heavy atom. The number of unbranched alkanes of at least 4 members (excludes halogenated alkanes) is 9. The number of carbonyl (C=O) groups is 1. The normalized spacial score (nSPS) is 12.4. The molecule has 3 N–H and O–H groups in total. The second-order valence-electron chi connectivity index (χ2n) is 7.52. The number of hydrogen-bond acceptors (Lipinski definition) is 3. The smallest absolute Gasteiger partial charge is 0.323 e. The number of nitrogens with two attached hydrogens (primary N) is 1. The van der Waals surface area contributed by atoms with Crippen molar-refractivity contribution in [2.45, 2.75) is 83.6 Å². The van der Waals surface area contributed by atoms with Crippen LogP contribution in [-0.2, 0) is 16.0 Å². The number of para-hydroxylation sites is 1. The summed E-state index contributed by atoms with van der Waals surface area (Å²) in [5, 5.41) is 1.12. The number of ether oxygens (including phenoxy) is 1. The zero-order valence-electron chi connectivity index (χ0n) is 16.8. The Labute approximate surface area is 163 Å². The topological polar surface area (TPSA) is 68.1 Å². The lowest BCUT2D eigenvalue weighted by Crippen LogP contribution is -2.34. The van der Waals surface area contributed by atoms with Gasteiger partial charge < -0.3 is 15.5 Å². The van der Waals surface area contributed by atoms with Crippen molar-refractivity contribution < 1.29 is 9.53 Å². The van der Waals surface area contributed by atoms with E-state index in [4.69, 9.17) is 10.5 Å². The molecule has 0 bridgehead atoms. The Balaban J connectivity index is 1.53. The van der Waals surface area contributed by atoms with Gasteiger partial charge in [-0.2, -0.15) is 0 Å². The fourth-order valence-electron chi connectivity index (χ4n) is 3.49. The summed E-state index contributed by atoms with van der Waals surface area (Å²) in [6.07, 6.45) is 15.1. The quantitative estimate of drug-likeness (QED) is 0.340. The molecule has 1 heterocycles. The summed E-state index contributed by atoms with van der Waals surface area (Å²) in [6.45, 7) is 2.73. The van der Waals surface area contributed by atoms with Crippen molar-refractivity contribution in [1.82, 2.24) is 4.98 Å². The molecule has 0 aliphatic carbocycles. The summed E-state index contributed by atoms with van der Waals surface area (Å²) in [7, 11) is 0. The number of carbonyl (C=O) groups excluding carboxylic acids is 1. The second kappa shape index (κ2) is 12.6. The molecule has 1 atom stereocenters. The molecule has 27 heavy (non-hydrogen) atoms. The molecule has 1 aromatic carbocycles. The van der Waals surface area contributed by atoms with Crippen molar-refractivity contribution in [3.63, 3.8) is 0 Å². The van der Waals surface area contributed by atoms with E-state index in [1.54, 1.807) is 0 Å². The number of nitrogens with one attached hydrogen (secondary N) is 1. The number of hydrogen-bond donors (Lipinski definition) is 2. The highest BCUT2D eigenvalue weighted by molar-refractivity contribution is 5.84. The monoisotopic (exact) mass is 372 g/mol. The van der Waals surface area contributed by atoms with E-state index in [0.717, 1.165) is 29.3 Å². The molecule has 150 valence electrons. The largest absolute Gasteiger partial charge is 0.465 e. The van der Waals surface area contributed by atoms with Crippen LogP contribution in [0.1, 0.15) is 76.7 Å². The first-order chi connectivity index (χ1) is 13.2. The van der Waals surface area contributed by atoms with Gasteiger partial charge in [0.1, 0.15) is 6.04 Å². The molecule has 0 amide bonds. The fourth-order valence-corrected chi connectivity index (χ4v) is 3.49. The van der Waals surface area contributed by atoms with Gasteiger partial charge in [-0.25, -0.2) is 0 Å². The van der Waals surface area contributed by atoms with E-state index in [0.29, 0.717) is 13.0 Å². The number of aromatic amines is 1. The van der Waals surface area contributed by atoms with E-state index in [9.17, 15) is 4.79 Å². The molecule has 0 fully saturated rings. The number of rotatable bonds is 14. The van der Waals surface area contributed by atoms with Crippen LogP contribution < -0.4 is 5.73 Å². The minimum Gasteiger partial charge on any atom is -0.465 e. The summed E-state index contributed by atoms with van der Waals surface area (Å²) < 4.78 is 5.36. The zero-order chi connectivity index (χ0) is 19.3. The van der Waals surface area contributed by atoms with Gasteiger partial charge >= 0.3 is 5.97 Å². The molecular weight excluding hydrogens is 336 g/mol. The molecule has 1 aromatic heterocycles. The van der Waals surface area contributed by atoms with Crippen molar-refractivity contribution in [1.29, 1.82) is 0 Å². The Morgan fingerprint density at radius 2 is 1.63 bits per heavy atom. The van der Waals surface area contributed by atoms with Crippen molar-refractivity contribution in [2.75, 3.05) is 6.61 Å². The highest BCUT2D eigenvalue weighted by Gasteiger charge is 2.17. The Kier molecular flexibility index (Phi) is 9.99. The standard InChI is InChI=1S/C23H36N2O2/c1-2-3-4-5-6-7-8-9-10-13-16-27-23(26)21(24)17-19-18-25-22-15-12-11-14-20(19)22/h11-12,14-15,18,21,25H,2-10,13,16-17,24H2,1H3. The molecular formula is C23H36N2O2. The van der Waals surface area contributed by atoms with Gasteiger partial charge in [0.25, 0.3) is 0 Å². The molecule has 0 aliphatic rings. The van der Waals surface area contributed by atoms with Gasteiger partial charge in [-0.3, -0.25) is 4.79 Å². The van der Waals surface area contributed by atoms with E-state index >= 15 is 0 Å². The third-order valence-corrected chi connectivity index (χ3v) is 5.16. The molecule has 0 spiro atoms. The van der Waals surface area contributed by atoms with Crippen LogP contribution in [-0.4, -0.2) is 23.6 Å². The average molecular weight is 373 g/mol. The average Bonchev–Trinajstić information content (AvgIpc) is 3.09. The number of esters is 1. The van der Waals surface area contributed by atoms with Crippen molar-refractivity contribution in [2.24, 2.45) is 5.73 Å². The summed E-state index contributed by atoms with van der Waals surface area (Å²) in [4.78, 5) is 15.3. The molecule has 1 unspecified atom stereocenters. The maximum absolute atomic E-state index is 12.1. The minimum atomic E-state index is -0.604. The highest BCUT2D eigenvalue weighted by atomic mass is 16.5. The second-order valence-corrected chi connectivity index (χ2v) is 7.52. The lowest BCUT2D eigenvalue weighted by molar-refractivity contribution is -0.145. The van der Waals surface area contributed by atoms with Crippen LogP contribution in [0.5, 0.6) is 0 Å². The van der Waals surface area contributed by atoms with E-state index < -0.39 is 6.04 Å². The van der Waals surface area contributed by atoms with Gasteiger partial charge in [-0.1, -0.05) is 82.9 Å². The first-order valence-electron chi connectivity index (χ1n) is 10.7. The molecule has 0 radical (unpaired) electrons. The third kappa shape index (κ3) is 7.76. The SMILES string of the molecule is CCCCCCCCCCCCOC(=O)C(N)Cc1c[nH]c2ccccc12. The van der Waals surface area contributed by atoms with Crippen LogP contribution in [0.25, 0.3) is 10.9 Å². The predicted molar refractivity (Wildman–Crippen MR) is 113 cm³/mol. The molecule has 2 rings (SSSR count). The van der Waals surface area contributed by atoms with Crippen LogP contribution in [0.3, 0.4) is 0 Å². The number of fused-ring (bicyclic) bond motifs is 1. The first-order valence-corrected chi connectivity index (χ1v) is 10.7. The lowest BCUT2D eigenvalue weighted by Gasteiger charge is -2.11. The third-order valence-electron chi connectivity index (χ3n) is 5.16. The molecule has 4 heteroatoms. The van der Waals surface area contributed by atoms with E-state index in [-0.39, 0.29) is 5.97 Å². The summed E-state index contributed by atoms with van der Waals surface area (Å²) >= 11 is 0. The van der Waals surface area contributed by atoms with Crippen LogP contribution >= 0.6 is 0 Å². The Bertz CT molecular complexity index is 665. The van der Waals surface area contributed by atoms with Gasteiger partial charge in [-0.05, 0) is 18.1 Å². The van der Waals surface area contributed by atoms with Crippen molar-refractivity contribution >= 4 is 16.9 Å². The van der Waals surface area contributed by atoms with Crippen molar-refractivity contribution in [3.8, 4) is 0 Å². The fraction of sp³-hybridized carbons (Fsp3) is 0.609. The van der Waals surface area contributed by atoms with E-state index in [1.807, 2.05) is 30.5 Å². The minimum absolute atomic E-state index is 0.295. The van der Waals surface area contributed by atoms with Gasteiger partial charge in [0.05, 0.1) is 6.61 Å². The van der Waals surface area contributed by atoms with E-state index in [1.165, 1.54) is 51.4 Å². The van der Waals surface area contributed by atoms with Gasteiger partial charge in [0.15, 0.2) is 0 Å². The maximum Gasteiger partial charge on any atom is 0.323 e. The summed E-state index contributed by atoms with van der Waals surface area (Å²) in [5.74, 6) is -0.295. The predicted octanol–water partition coefficient (Wildman–Crippen LogP) is 5.50. The zero-order valence-corrected chi connectivity index (χ0v) is 16.8. The van der Waals surface area contributed by atoms with Crippen LogP contribution in [0.15, 0.2) is 30.5 Å². The van der Waals surface area contributed by atoms with Crippen LogP contribution in [0, 0.1) is 0 Å². The summed E-state index contributed by atoms with van der Waals surface area (Å²) in [6, 6.07) is 7.45. The molecule has 0 saturated carbocycles. The van der Waals surface area contributed by atoms with Crippen LogP contribution in [0.2, 0.25) is 0 Å². The number of aromatic nitrogens is 1. The number of benzene rings is 1. The van der Waals surface area contributed by atoms with E-state index in [2.05, 4.69) is 11.9 Å². The molecule has 0 saturated heterocycles. The lowest BCUT2D eigenvalue weighted by atomic mass is 10.1. The maximum atomic E-state index is 12.1. The molecule has 4 nitrogen and oxygen atoms in total. The van der Waals surface area contributed by atoms with Gasteiger partial charge in [-0.15, -0.1) is 0 Å². The molecule has 0 aliphatic heterocycles. The van der Waals surface area contributed by atoms with Gasteiger partial charge in [0, 0.05) is 23.5 Å². The number of H-pyrrole nitrogens is 1. The summed E-state index contributed by atoms with van der Waals surface area (Å²) in [5.41, 5.74) is 8.17. The first kappa shape index (κ1) is 21.5. The van der Waals surface area contributed by atoms with Crippen molar-refractivity contribution in [3.05, 3.63) is 36.0 Å². The Hall–Kier alpha value is -1.81. The highest BCUT2D eigenvalue weighted by Crippen LogP contribution is 2.19. The van der Waals surface area contributed by atoms with Gasteiger partial charge in [0.2, 0.25) is 0 Å². The van der Waals surface area contributed by atoms with Crippen LogP contribution in [0.4, 0.5) is 0 Å². The Morgan fingerprint density at radius 1 is 1.00 bits per heavy atom.